The number of sulfonamides is 1. The van der Waals surface area contributed by atoms with Crippen molar-refractivity contribution in [1.82, 2.24) is 9.62 Å². The Bertz CT molecular complexity index is 577. The number of nitrogen functional groups attached to an aromatic ring is 1. The number of nitrogens with two attached hydrogens (primary N) is 1. The molecule has 1 saturated heterocycles. The van der Waals surface area contributed by atoms with E-state index in [2.05, 4.69) is 32.6 Å². The quantitative estimate of drug-likeness (QED) is 0.799. The molecule has 1 atom stereocenters. The van der Waals surface area contributed by atoms with Crippen LogP contribution in [-0.4, -0.2) is 40.0 Å². The number of benzene rings is 1. The highest BCUT2D eigenvalue weighted by Crippen LogP contribution is 2.23. The lowest BCUT2D eigenvalue weighted by Crippen LogP contribution is -2.39. The molecule has 1 aromatic rings. The van der Waals surface area contributed by atoms with Gasteiger partial charge in [-0.2, -0.15) is 0 Å². The minimum absolute atomic E-state index is 0.135. The molecule has 1 aliphatic rings. The van der Waals surface area contributed by atoms with Gasteiger partial charge in [0.15, 0.2) is 0 Å². The molecule has 0 bridgehead atoms. The first-order valence-corrected chi connectivity index (χ1v) is 8.89. The lowest BCUT2D eigenvalue weighted by Gasteiger charge is -2.29. The van der Waals surface area contributed by atoms with E-state index in [1.54, 1.807) is 12.1 Å². The normalized spacial score (nSPS) is 21.0. The van der Waals surface area contributed by atoms with E-state index in [9.17, 15) is 8.42 Å². The van der Waals surface area contributed by atoms with Gasteiger partial charge < -0.3 is 10.6 Å². The number of nitrogens with zero attached hydrogens (tertiary/aromatic N) is 1. The van der Waals surface area contributed by atoms with Gasteiger partial charge in [0.2, 0.25) is 10.0 Å². The Kier molecular flexibility index (Phi) is 5.06. The van der Waals surface area contributed by atoms with Gasteiger partial charge in [-0.15, -0.1) is 0 Å². The number of piperidine rings is 1. The van der Waals surface area contributed by atoms with E-state index in [1.165, 1.54) is 6.07 Å². The molecule has 1 aliphatic heterocycles. The van der Waals surface area contributed by atoms with Gasteiger partial charge in [-0.05, 0) is 50.6 Å². The van der Waals surface area contributed by atoms with Crippen LogP contribution in [0, 0.1) is 5.92 Å². The molecule has 1 aromatic carbocycles. The molecular formula is C13H20BrN3O2S. The maximum absolute atomic E-state index is 12.3. The van der Waals surface area contributed by atoms with E-state index < -0.39 is 10.0 Å². The number of likely N-dealkylation sites (tertiary alicyclic amines) is 1. The summed E-state index contributed by atoms with van der Waals surface area (Å²) in [5, 5.41) is 0. The van der Waals surface area contributed by atoms with Crippen LogP contribution >= 0.6 is 15.9 Å². The molecule has 5 nitrogen and oxygen atoms in total. The van der Waals surface area contributed by atoms with E-state index in [0.29, 0.717) is 16.9 Å². The standard InChI is InChI=1S/C13H20BrN3O2S/c1-17-6-2-3-10(9-17)8-16-20(18,19)13-7-11(14)4-5-12(13)15/h4-5,7,10,16H,2-3,6,8-9,15H2,1H3. The molecule has 112 valence electrons. The fourth-order valence-corrected chi connectivity index (χ4v) is 4.27. The predicted octanol–water partition coefficient (Wildman–Crippen LogP) is 1.65. The lowest BCUT2D eigenvalue weighted by molar-refractivity contribution is 0.211. The summed E-state index contributed by atoms with van der Waals surface area (Å²) >= 11 is 3.27. The van der Waals surface area contributed by atoms with Gasteiger partial charge in [-0.25, -0.2) is 13.1 Å². The zero-order valence-corrected chi connectivity index (χ0v) is 13.9. The number of halogens is 1. The van der Waals surface area contributed by atoms with Crippen molar-refractivity contribution in [3.8, 4) is 0 Å². The maximum atomic E-state index is 12.3. The van der Waals surface area contributed by atoms with Crippen molar-refractivity contribution in [2.24, 2.45) is 5.92 Å². The van der Waals surface area contributed by atoms with Gasteiger partial charge in [0.1, 0.15) is 4.90 Å². The molecule has 1 heterocycles. The van der Waals surface area contributed by atoms with Crippen LogP contribution in [0.5, 0.6) is 0 Å². The summed E-state index contributed by atoms with van der Waals surface area (Å²) in [7, 11) is -1.49. The van der Waals surface area contributed by atoms with E-state index in [4.69, 9.17) is 5.73 Å². The van der Waals surface area contributed by atoms with Crippen LogP contribution in [0.25, 0.3) is 0 Å². The Hall–Kier alpha value is -0.630. The summed E-state index contributed by atoms with van der Waals surface area (Å²) in [6, 6.07) is 4.85. The summed E-state index contributed by atoms with van der Waals surface area (Å²) in [6.07, 6.45) is 2.17. The number of anilines is 1. The molecule has 0 aliphatic carbocycles. The van der Waals surface area contributed by atoms with Crippen LogP contribution in [0.2, 0.25) is 0 Å². The second-order valence-electron chi connectivity index (χ2n) is 5.30. The third kappa shape index (κ3) is 3.94. The highest BCUT2D eigenvalue weighted by molar-refractivity contribution is 9.10. The molecule has 2 rings (SSSR count). The minimum atomic E-state index is -3.55. The summed E-state index contributed by atoms with van der Waals surface area (Å²) in [4.78, 5) is 2.37. The predicted molar refractivity (Wildman–Crippen MR) is 84.0 cm³/mol. The second kappa shape index (κ2) is 6.43. The van der Waals surface area contributed by atoms with Crippen molar-refractivity contribution in [2.45, 2.75) is 17.7 Å². The zero-order valence-electron chi connectivity index (χ0n) is 11.5. The Morgan fingerprint density at radius 2 is 2.25 bits per heavy atom. The van der Waals surface area contributed by atoms with Gasteiger partial charge in [-0.1, -0.05) is 15.9 Å². The first-order valence-electron chi connectivity index (χ1n) is 6.62. The Morgan fingerprint density at radius 3 is 2.95 bits per heavy atom. The number of nitrogens with one attached hydrogen (secondary N) is 1. The molecule has 0 aromatic heterocycles. The van der Waals surface area contributed by atoms with Gasteiger partial charge in [0.05, 0.1) is 5.69 Å². The van der Waals surface area contributed by atoms with Crippen molar-refractivity contribution in [3.05, 3.63) is 22.7 Å². The number of rotatable bonds is 4. The third-order valence-corrected chi connectivity index (χ3v) is 5.52. The van der Waals surface area contributed by atoms with Crippen LogP contribution in [0.3, 0.4) is 0 Å². The second-order valence-corrected chi connectivity index (χ2v) is 7.96. The van der Waals surface area contributed by atoms with Crippen LogP contribution in [0.1, 0.15) is 12.8 Å². The highest BCUT2D eigenvalue weighted by Gasteiger charge is 2.22. The van der Waals surface area contributed by atoms with Crippen LogP contribution in [0.4, 0.5) is 5.69 Å². The van der Waals surface area contributed by atoms with E-state index in [-0.39, 0.29) is 10.6 Å². The number of hydrogen-bond donors (Lipinski definition) is 2. The van der Waals surface area contributed by atoms with Crippen LogP contribution in [-0.2, 0) is 10.0 Å². The third-order valence-electron chi connectivity index (χ3n) is 3.55. The Morgan fingerprint density at radius 1 is 1.50 bits per heavy atom. The van der Waals surface area contributed by atoms with Crippen LogP contribution in [0.15, 0.2) is 27.6 Å². The van der Waals surface area contributed by atoms with Crippen molar-refractivity contribution >= 4 is 31.6 Å². The fourth-order valence-electron chi connectivity index (χ4n) is 2.49. The Labute approximate surface area is 128 Å². The summed E-state index contributed by atoms with van der Waals surface area (Å²) in [5.74, 6) is 0.358. The summed E-state index contributed by atoms with van der Waals surface area (Å²) in [6.45, 7) is 2.47. The Balaban J connectivity index is 2.05. The molecule has 20 heavy (non-hydrogen) atoms. The first kappa shape index (κ1) is 15.8. The molecular weight excluding hydrogens is 342 g/mol. The monoisotopic (exact) mass is 361 g/mol. The number of hydrogen-bond acceptors (Lipinski definition) is 4. The molecule has 1 unspecified atom stereocenters. The molecule has 1 fully saturated rings. The smallest absolute Gasteiger partial charge is 0.242 e. The summed E-state index contributed by atoms with van der Waals surface area (Å²) < 4.78 is 28.0. The molecule has 0 radical (unpaired) electrons. The molecule has 3 N–H and O–H groups in total. The largest absolute Gasteiger partial charge is 0.398 e. The van der Waals surface area contributed by atoms with Crippen molar-refractivity contribution < 1.29 is 8.42 Å². The van der Waals surface area contributed by atoms with Crippen molar-refractivity contribution in [3.63, 3.8) is 0 Å². The fraction of sp³-hybridized carbons (Fsp3) is 0.538. The topological polar surface area (TPSA) is 75.4 Å². The van der Waals surface area contributed by atoms with Gasteiger partial charge >= 0.3 is 0 Å². The molecule has 0 spiro atoms. The van der Waals surface area contributed by atoms with E-state index in [0.717, 1.165) is 25.9 Å². The van der Waals surface area contributed by atoms with Crippen molar-refractivity contribution in [2.75, 3.05) is 32.4 Å². The van der Waals surface area contributed by atoms with Crippen molar-refractivity contribution in [1.29, 1.82) is 0 Å². The van der Waals surface area contributed by atoms with E-state index >= 15 is 0 Å². The van der Waals surface area contributed by atoms with Gasteiger partial charge in [0.25, 0.3) is 0 Å². The van der Waals surface area contributed by atoms with Gasteiger partial charge in [-0.3, -0.25) is 0 Å². The lowest BCUT2D eigenvalue weighted by atomic mass is 9.99. The highest BCUT2D eigenvalue weighted by atomic mass is 79.9. The average molecular weight is 362 g/mol. The van der Waals surface area contributed by atoms with Crippen LogP contribution < -0.4 is 10.5 Å². The van der Waals surface area contributed by atoms with E-state index in [1.807, 2.05) is 0 Å². The molecule has 7 heteroatoms. The maximum Gasteiger partial charge on any atom is 0.242 e. The first-order chi connectivity index (χ1) is 9.38. The SMILES string of the molecule is CN1CCCC(CNS(=O)(=O)c2cc(Br)ccc2N)C1. The minimum Gasteiger partial charge on any atom is -0.398 e. The van der Waals surface area contributed by atoms with Gasteiger partial charge in [0, 0.05) is 17.6 Å². The molecule has 0 saturated carbocycles. The summed E-state index contributed by atoms with van der Waals surface area (Å²) in [5.41, 5.74) is 6.02. The zero-order chi connectivity index (χ0) is 14.8. The average Bonchev–Trinajstić information content (AvgIpc) is 2.39. The molecule has 0 amide bonds.